The van der Waals surface area contributed by atoms with Gasteiger partial charge in [-0.2, -0.15) is 0 Å². The van der Waals surface area contributed by atoms with Gasteiger partial charge in [0.25, 0.3) is 0 Å². The number of aryl methyl sites for hydroxylation is 1. The van der Waals surface area contributed by atoms with Crippen LogP contribution in [0.1, 0.15) is 58.2 Å². The normalized spacial score (nSPS) is 23.3. The fraction of sp³-hybridized carbons (Fsp3) is 0.833. The molecule has 0 aliphatic carbocycles. The molecule has 0 radical (unpaired) electrons. The van der Waals surface area contributed by atoms with Gasteiger partial charge in [-0.05, 0) is 32.6 Å². The van der Waals surface area contributed by atoms with Crippen LogP contribution in [-0.4, -0.2) is 51.9 Å². The van der Waals surface area contributed by atoms with Crippen molar-refractivity contribution in [1.82, 2.24) is 19.7 Å². The molecule has 1 spiro atoms. The van der Waals surface area contributed by atoms with Gasteiger partial charge in [-0.15, -0.1) is 10.2 Å². The smallest absolute Gasteiger partial charge is 0.225 e. The Hall–Kier alpha value is -1.43. The Morgan fingerprint density at radius 2 is 2.04 bits per heavy atom. The SMILES string of the molecule is CCC(CC)C(=O)N1CC(c2nncn2CC)C2(CCOCC2)C1. The molecule has 3 rings (SSSR count). The number of amides is 1. The minimum absolute atomic E-state index is 0.0971. The number of hydrogen-bond donors (Lipinski definition) is 0. The third kappa shape index (κ3) is 2.96. The average molecular weight is 334 g/mol. The lowest BCUT2D eigenvalue weighted by Gasteiger charge is -2.37. The number of carbonyl (C=O) groups excluding carboxylic acids is 1. The van der Waals surface area contributed by atoms with E-state index in [1.165, 1.54) is 0 Å². The first-order chi connectivity index (χ1) is 11.6. The Morgan fingerprint density at radius 3 is 2.67 bits per heavy atom. The van der Waals surface area contributed by atoms with E-state index in [4.69, 9.17) is 4.74 Å². The molecule has 1 atom stereocenters. The first-order valence-corrected chi connectivity index (χ1v) is 9.39. The monoisotopic (exact) mass is 334 g/mol. The zero-order chi connectivity index (χ0) is 17.2. The van der Waals surface area contributed by atoms with E-state index < -0.39 is 0 Å². The van der Waals surface area contributed by atoms with Crippen LogP contribution in [0.4, 0.5) is 0 Å². The number of rotatable bonds is 5. The quantitative estimate of drug-likeness (QED) is 0.830. The molecule has 2 saturated heterocycles. The van der Waals surface area contributed by atoms with E-state index >= 15 is 0 Å². The van der Waals surface area contributed by atoms with Gasteiger partial charge in [0.15, 0.2) is 0 Å². The molecule has 2 fully saturated rings. The second-order valence-corrected chi connectivity index (χ2v) is 7.23. The van der Waals surface area contributed by atoms with E-state index in [0.717, 1.165) is 64.4 Å². The second-order valence-electron chi connectivity index (χ2n) is 7.23. The van der Waals surface area contributed by atoms with Crippen LogP contribution >= 0.6 is 0 Å². The van der Waals surface area contributed by atoms with Crippen molar-refractivity contribution in [3.8, 4) is 0 Å². The number of likely N-dealkylation sites (tertiary alicyclic amines) is 1. The molecule has 134 valence electrons. The Labute approximate surface area is 144 Å². The lowest BCUT2D eigenvalue weighted by atomic mass is 9.71. The highest BCUT2D eigenvalue weighted by molar-refractivity contribution is 5.79. The summed E-state index contributed by atoms with van der Waals surface area (Å²) >= 11 is 0. The van der Waals surface area contributed by atoms with E-state index in [9.17, 15) is 4.79 Å². The molecular formula is C18H30N4O2. The van der Waals surface area contributed by atoms with Gasteiger partial charge in [0, 0.05) is 50.1 Å². The van der Waals surface area contributed by atoms with Crippen molar-refractivity contribution >= 4 is 5.91 Å². The summed E-state index contributed by atoms with van der Waals surface area (Å²) in [6, 6.07) is 0. The molecule has 0 saturated carbocycles. The molecule has 1 aromatic heterocycles. The van der Waals surface area contributed by atoms with Crippen LogP contribution in [0.15, 0.2) is 6.33 Å². The summed E-state index contributed by atoms with van der Waals surface area (Å²) in [5, 5.41) is 8.56. The largest absolute Gasteiger partial charge is 0.381 e. The van der Waals surface area contributed by atoms with E-state index in [1.807, 2.05) is 6.33 Å². The molecule has 24 heavy (non-hydrogen) atoms. The summed E-state index contributed by atoms with van der Waals surface area (Å²) in [6.45, 7) is 10.4. The molecule has 6 heteroatoms. The molecule has 0 N–H and O–H groups in total. The minimum atomic E-state index is 0.0971. The number of carbonyl (C=O) groups is 1. The summed E-state index contributed by atoms with van der Waals surface area (Å²) in [4.78, 5) is 15.1. The number of nitrogens with zero attached hydrogens (tertiary/aromatic N) is 4. The zero-order valence-electron chi connectivity index (χ0n) is 15.2. The van der Waals surface area contributed by atoms with E-state index in [-0.39, 0.29) is 17.3 Å². The number of hydrogen-bond acceptors (Lipinski definition) is 4. The molecule has 0 bridgehead atoms. The van der Waals surface area contributed by atoms with Crippen molar-refractivity contribution in [3.05, 3.63) is 12.2 Å². The Morgan fingerprint density at radius 1 is 1.33 bits per heavy atom. The summed E-state index contributed by atoms with van der Waals surface area (Å²) in [6.07, 6.45) is 5.64. The summed E-state index contributed by atoms with van der Waals surface area (Å²) < 4.78 is 7.75. The fourth-order valence-corrected chi connectivity index (χ4v) is 4.45. The highest BCUT2D eigenvalue weighted by Gasteiger charge is 2.51. The van der Waals surface area contributed by atoms with Gasteiger partial charge in [-0.1, -0.05) is 13.8 Å². The van der Waals surface area contributed by atoms with Crippen LogP contribution in [0.3, 0.4) is 0 Å². The van der Waals surface area contributed by atoms with E-state index in [1.54, 1.807) is 0 Å². The first kappa shape index (κ1) is 17.4. The maximum absolute atomic E-state index is 13.0. The highest BCUT2D eigenvalue weighted by Crippen LogP contribution is 2.49. The van der Waals surface area contributed by atoms with Gasteiger partial charge in [-0.3, -0.25) is 4.79 Å². The predicted octanol–water partition coefficient (Wildman–Crippen LogP) is 2.46. The maximum atomic E-state index is 13.0. The van der Waals surface area contributed by atoms with Crippen molar-refractivity contribution in [2.75, 3.05) is 26.3 Å². The standard InChI is InChI=1S/C18H30N4O2/c1-4-14(5-2)17(23)22-11-15(16-20-19-13-21(16)6-3)18(12-22)7-9-24-10-8-18/h13-15H,4-12H2,1-3H3. The van der Waals surface area contributed by atoms with Gasteiger partial charge in [0.05, 0.1) is 0 Å². The van der Waals surface area contributed by atoms with Crippen LogP contribution in [0, 0.1) is 11.3 Å². The first-order valence-electron chi connectivity index (χ1n) is 9.39. The maximum Gasteiger partial charge on any atom is 0.225 e. The van der Waals surface area contributed by atoms with Crippen LogP contribution in [-0.2, 0) is 16.1 Å². The Bertz CT molecular complexity index is 561. The van der Waals surface area contributed by atoms with Crippen molar-refractivity contribution in [2.45, 2.75) is 58.9 Å². The lowest BCUT2D eigenvalue weighted by molar-refractivity contribution is -0.135. The van der Waals surface area contributed by atoms with Gasteiger partial charge in [0.1, 0.15) is 12.2 Å². The van der Waals surface area contributed by atoms with Crippen LogP contribution in [0.25, 0.3) is 0 Å². The van der Waals surface area contributed by atoms with Gasteiger partial charge >= 0.3 is 0 Å². The summed E-state index contributed by atoms with van der Waals surface area (Å²) in [7, 11) is 0. The molecule has 1 amide bonds. The second kappa shape index (κ2) is 7.21. The fourth-order valence-electron chi connectivity index (χ4n) is 4.45. The molecule has 0 aromatic carbocycles. The summed E-state index contributed by atoms with van der Waals surface area (Å²) in [5.41, 5.74) is 0.0971. The number of aromatic nitrogens is 3. The van der Waals surface area contributed by atoms with Crippen LogP contribution in [0.5, 0.6) is 0 Å². The molecule has 2 aliphatic rings. The Balaban J connectivity index is 1.89. The van der Waals surface area contributed by atoms with Crippen molar-refractivity contribution in [3.63, 3.8) is 0 Å². The van der Waals surface area contributed by atoms with E-state index in [2.05, 4.69) is 40.4 Å². The van der Waals surface area contributed by atoms with Gasteiger partial charge in [0.2, 0.25) is 5.91 Å². The van der Waals surface area contributed by atoms with Gasteiger partial charge in [-0.25, -0.2) is 0 Å². The zero-order valence-corrected chi connectivity index (χ0v) is 15.2. The lowest BCUT2D eigenvalue weighted by Crippen LogP contribution is -2.39. The van der Waals surface area contributed by atoms with Gasteiger partial charge < -0.3 is 14.2 Å². The topological polar surface area (TPSA) is 60.2 Å². The third-order valence-corrected chi connectivity index (χ3v) is 6.08. The molecule has 6 nitrogen and oxygen atoms in total. The van der Waals surface area contributed by atoms with Crippen molar-refractivity contribution in [2.24, 2.45) is 11.3 Å². The van der Waals surface area contributed by atoms with Crippen molar-refractivity contribution < 1.29 is 9.53 Å². The molecule has 3 heterocycles. The molecular weight excluding hydrogens is 304 g/mol. The van der Waals surface area contributed by atoms with Crippen LogP contribution < -0.4 is 0 Å². The van der Waals surface area contributed by atoms with E-state index in [0.29, 0.717) is 5.91 Å². The molecule has 1 unspecified atom stereocenters. The minimum Gasteiger partial charge on any atom is -0.381 e. The summed E-state index contributed by atoms with van der Waals surface area (Å²) in [5.74, 6) is 1.77. The number of ether oxygens (including phenoxy) is 1. The average Bonchev–Trinajstić information content (AvgIpc) is 3.21. The molecule has 1 aromatic rings. The van der Waals surface area contributed by atoms with Crippen molar-refractivity contribution in [1.29, 1.82) is 0 Å². The Kier molecular flexibility index (Phi) is 5.23. The predicted molar refractivity (Wildman–Crippen MR) is 91.6 cm³/mol. The molecule has 2 aliphatic heterocycles. The highest BCUT2D eigenvalue weighted by atomic mass is 16.5. The van der Waals surface area contributed by atoms with Crippen LogP contribution in [0.2, 0.25) is 0 Å². The third-order valence-electron chi connectivity index (χ3n) is 6.08.